The van der Waals surface area contributed by atoms with Crippen molar-refractivity contribution >= 4 is 65.7 Å². The van der Waals surface area contributed by atoms with Crippen LogP contribution in [0.15, 0.2) is 264 Å². The van der Waals surface area contributed by atoms with E-state index in [4.69, 9.17) is 23.8 Å². The second-order valence-electron chi connectivity index (χ2n) is 19.1. The van der Waals surface area contributed by atoms with Crippen LogP contribution in [-0.2, 0) is 0 Å². The summed E-state index contributed by atoms with van der Waals surface area (Å²) in [7, 11) is 0. The summed E-state index contributed by atoms with van der Waals surface area (Å²) in [6, 6.07) is 89.2. The van der Waals surface area contributed by atoms with Crippen molar-refractivity contribution in [2.24, 2.45) is 0 Å². The lowest BCUT2D eigenvalue weighted by molar-refractivity contribution is 0.669. The van der Waals surface area contributed by atoms with E-state index < -0.39 is 0 Å². The summed E-state index contributed by atoms with van der Waals surface area (Å²) in [5.41, 5.74) is 18.2. The minimum atomic E-state index is 0.576. The highest BCUT2D eigenvalue weighted by Gasteiger charge is 2.22. The van der Waals surface area contributed by atoms with Crippen LogP contribution in [0.3, 0.4) is 0 Å². The van der Waals surface area contributed by atoms with E-state index in [0.717, 1.165) is 111 Å². The van der Waals surface area contributed by atoms with Crippen molar-refractivity contribution in [3.63, 3.8) is 0 Å². The Balaban J connectivity index is 0.832. The topological polar surface area (TPSA) is 69.9 Å². The fourth-order valence-corrected chi connectivity index (χ4v) is 11.1. The average molecular weight is 959 g/mol. The van der Waals surface area contributed by atoms with E-state index in [9.17, 15) is 0 Å². The molecule has 0 aliphatic carbocycles. The molecule has 0 radical (unpaired) electrons. The standard InChI is InChI=1S/C69H42N4O2/c1-4-16-43(17-5-1)45-32-34-47(35-33-45)68-70-67(46-20-8-3-9-21-46)71-69(72-68)55-27-14-30-62-64(55)54-26-13-25-52(66(54)75-62)51-23-12-22-48(40-51)50-37-39-61-57(42-50)65-60(29-15-31-63(65)74-61)73-58-28-11-10-24-53(58)56-41-49(36-38-59(56)73)44-18-6-2-7-19-44/h1-42H. The predicted molar refractivity (Wildman–Crippen MR) is 307 cm³/mol. The van der Waals surface area contributed by atoms with Crippen molar-refractivity contribution in [3.8, 4) is 84.4 Å². The Hall–Kier alpha value is -10.2. The van der Waals surface area contributed by atoms with Crippen molar-refractivity contribution in [1.29, 1.82) is 0 Å². The van der Waals surface area contributed by atoms with Crippen molar-refractivity contribution in [1.82, 2.24) is 19.5 Å². The molecule has 0 saturated carbocycles. The summed E-state index contributed by atoms with van der Waals surface area (Å²) in [4.78, 5) is 15.4. The summed E-state index contributed by atoms with van der Waals surface area (Å²) in [5, 5.41) is 6.49. The Kier molecular flexibility index (Phi) is 9.78. The quantitative estimate of drug-likeness (QED) is 0.152. The Labute approximate surface area is 431 Å². The summed E-state index contributed by atoms with van der Waals surface area (Å²) in [6.45, 7) is 0. The summed E-state index contributed by atoms with van der Waals surface area (Å²) in [5.74, 6) is 1.78. The van der Waals surface area contributed by atoms with E-state index in [2.05, 4.69) is 211 Å². The molecule has 0 unspecified atom stereocenters. The molecular formula is C69H42N4O2. The number of hydrogen-bond donors (Lipinski definition) is 0. The van der Waals surface area contributed by atoms with E-state index in [1.54, 1.807) is 0 Å². The lowest BCUT2D eigenvalue weighted by Crippen LogP contribution is -2.00. The van der Waals surface area contributed by atoms with Gasteiger partial charge in [0, 0.05) is 49.2 Å². The molecule has 0 spiro atoms. The van der Waals surface area contributed by atoms with Crippen molar-refractivity contribution in [2.75, 3.05) is 0 Å². The maximum absolute atomic E-state index is 6.88. The summed E-state index contributed by atoms with van der Waals surface area (Å²) < 4.78 is 15.9. The van der Waals surface area contributed by atoms with Gasteiger partial charge in [0.1, 0.15) is 22.3 Å². The molecule has 0 aliphatic heterocycles. The molecule has 6 heteroatoms. The molecule has 0 N–H and O–H groups in total. The van der Waals surface area contributed by atoms with Gasteiger partial charge in [0.2, 0.25) is 0 Å². The lowest BCUT2D eigenvalue weighted by atomic mass is 9.96. The Morgan fingerprint density at radius 3 is 1.55 bits per heavy atom. The van der Waals surface area contributed by atoms with Crippen molar-refractivity contribution in [3.05, 3.63) is 255 Å². The molecule has 0 amide bonds. The lowest BCUT2D eigenvalue weighted by Gasteiger charge is -2.11. The van der Waals surface area contributed by atoms with Gasteiger partial charge < -0.3 is 13.4 Å². The number of fused-ring (bicyclic) bond motifs is 9. The fraction of sp³-hybridized carbons (Fsp3) is 0. The molecule has 0 aliphatic rings. The van der Waals surface area contributed by atoms with Crippen LogP contribution in [0.2, 0.25) is 0 Å². The zero-order chi connectivity index (χ0) is 49.4. The number of nitrogens with zero attached hydrogens (tertiary/aromatic N) is 4. The largest absolute Gasteiger partial charge is 0.456 e. The highest BCUT2D eigenvalue weighted by molar-refractivity contribution is 6.17. The van der Waals surface area contributed by atoms with Gasteiger partial charge in [-0.05, 0) is 93.5 Å². The van der Waals surface area contributed by atoms with Gasteiger partial charge in [-0.15, -0.1) is 0 Å². The Morgan fingerprint density at radius 2 is 0.760 bits per heavy atom. The first-order chi connectivity index (χ1) is 37.2. The first kappa shape index (κ1) is 42.5. The summed E-state index contributed by atoms with van der Waals surface area (Å²) in [6.07, 6.45) is 0. The van der Waals surface area contributed by atoms with Crippen molar-refractivity contribution in [2.45, 2.75) is 0 Å². The Morgan fingerprint density at radius 1 is 0.267 bits per heavy atom. The Bertz CT molecular complexity index is 4690. The molecule has 350 valence electrons. The number of benzene rings is 11. The predicted octanol–water partition coefficient (Wildman–Crippen LogP) is 18.4. The molecule has 75 heavy (non-hydrogen) atoms. The van der Waals surface area contributed by atoms with Gasteiger partial charge in [0.25, 0.3) is 0 Å². The van der Waals surface area contributed by atoms with E-state index in [1.165, 1.54) is 21.9 Å². The van der Waals surface area contributed by atoms with Gasteiger partial charge in [-0.2, -0.15) is 0 Å². The second-order valence-corrected chi connectivity index (χ2v) is 19.1. The smallest absolute Gasteiger partial charge is 0.164 e. The molecule has 4 heterocycles. The van der Waals surface area contributed by atoms with Crippen LogP contribution in [0.5, 0.6) is 0 Å². The van der Waals surface area contributed by atoms with E-state index in [-0.39, 0.29) is 0 Å². The average Bonchev–Trinajstić information content (AvgIpc) is 4.22. The molecule has 0 saturated heterocycles. The van der Waals surface area contributed by atoms with Crippen LogP contribution < -0.4 is 0 Å². The first-order valence-corrected chi connectivity index (χ1v) is 25.2. The third-order valence-corrected chi connectivity index (χ3v) is 14.7. The van der Waals surface area contributed by atoms with Crippen LogP contribution in [0.25, 0.3) is 150 Å². The van der Waals surface area contributed by atoms with Crippen LogP contribution in [0.4, 0.5) is 0 Å². The molecular weight excluding hydrogens is 917 g/mol. The molecule has 6 nitrogen and oxygen atoms in total. The third kappa shape index (κ3) is 7.14. The van der Waals surface area contributed by atoms with Gasteiger partial charge in [-0.1, -0.05) is 200 Å². The van der Waals surface area contributed by atoms with Gasteiger partial charge in [0.15, 0.2) is 17.5 Å². The van der Waals surface area contributed by atoms with Crippen LogP contribution in [0, 0.1) is 0 Å². The van der Waals surface area contributed by atoms with E-state index in [0.29, 0.717) is 17.5 Å². The highest BCUT2D eigenvalue weighted by Crippen LogP contribution is 2.44. The SMILES string of the molecule is c1ccc(-c2ccc(-c3nc(-c4ccccc4)nc(-c4cccc5oc6c(-c7cccc(-c8ccc9oc%10cccc(-n%11c%12ccccc%12c%12cc(-c%13ccccc%13)ccc%12%11)c%10c9c8)c7)cccc6c45)n3)cc2)cc1. The summed E-state index contributed by atoms with van der Waals surface area (Å²) >= 11 is 0. The van der Waals surface area contributed by atoms with Gasteiger partial charge in [-0.3, -0.25) is 0 Å². The maximum atomic E-state index is 6.88. The van der Waals surface area contributed by atoms with Crippen LogP contribution >= 0.6 is 0 Å². The minimum Gasteiger partial charge on any atom is -0.456 e. The molecule has 15 rings (SSSR count). The molecule has 0 atom stereocenters. The van der Waals surface area contributed by atoms with Crippen molar-refractivity contribution < 1.29 is 8.83 Å². The monoisotopic (exact) mass is 958 g/mol. The first-order valence-electron chi connectivity index (χ1n) is 25.2. The molecule has 4 aromatic heterocycles. The highest BCUT2D eigenvalue weighted by atomic mass is 16.3. The molecule has 0 bridgehead atoms. The van der Waals surface area contributed by atoms with Crippen LogP contribution in [-0.4, -0.2) is 19.5 Å². The molecule has 15 aromatic rings. The number of aromatic nitrogens is 4. The number of rotatable bonds is 8. The van der Waals surface area contributed by atoms with Gasteiger partial charge in [-0.25, -0.2) is 15.0 Å². The van der Waals surface area contributed by atoms with Gasteiger partial charge >= 0.3 is 0 Å². The van der Waals surface area contributed by atoms with E-state index >= 15 is 0 Å². The molecule has 11 aromatic carbocycles. The third-order valence-electron chi connectivity index (χ3n) is 14.7. The van der Waals surface area contributed by atoms with Crippen LogP contribution in [0.1, 0.15) is 0 Å². The minimum absolute atomic E-state index is 0.576. The zero-order valence-corrected chi connectivity index (χ0v) is 40.4. The zero-order valence-electron chi connectivity index (χ0n) is 40.4. The fourth-order valence-electron chi connectivity index (χ4n) is 11.1. The normalized spacial score (nSPS) is 11.7. The molecule has 0 fully saturated rings. The maximum Gasteiger partial charge on any atom is 0.164 e. The number of furan rings is 2. The number of para-hydroxylation sites is 2. The number of hydrogen-bond acceptors (Lipinski definition) is 5. The second kappa shape index (κ2) is 17.3. The van der Waals surface area contributed by atoms with Gasteiger partial charge in [0.05, 0.1) is 22.1 Å². The van der Waals surface area contributed by atoms with E-state index in [1.807, 2.05) is 48.5 Å².